The minimum atomic E-state index is 0.555. The van der Waals surface area contributed by atoms with Crippen molar-refractivity contribution in [3.8, 4) is 0 Å². The molecule has 110 valence electrons. The van der Waals surface area contributed by atoms with Crippen LogP contribution in [0.4, 0.5) is 0 Å². The van der Waals surface area contributed by atoms with Gasteiger partial charge in [0, 0.05) is 18.6 Å². The van der Waals surface area contributed by atoms with Gasteiger partial charge in [-0.3, -0.25) is 4.90 Å². The predicted molar refractivity (Wildman–Crippen MR) is 84.9 cm³/mol. The molecule has 0 aromatic heterocycles. The number of rotatable bonds is 3. The molecule has 2 aliphatic rings. The Balaban J connectivity index is 1.65. The largest absolute Gasteiger partial charge is 0.314 e. The van der Waals surface area contributed by atoms with Crippen LogP contribution >= 0.6 is 0 Å². The zero-order chi connectivity index (χ0) is 13.9. The van der Waals surface area contributed by atoms with Gasteiger partial charge >= 0.3 is 0 Å². The van der Waals surface area contributed by atoms with Crippen LogP contribution in [0.1, 0.15) is 49.8 Å². The monoisotopic (exact) mass is 272 g/mol. The summed E-state index contributed by atoms with van der Waals surface area (Å²) >= 11 is 0. The number of benzene rings is 1. The molecular formula is C18H28N2. The van der Waals surface area contributed by atoms with Gasteiger partial charge in [0.25, 0.3) is 0 Å². The summed E-state index contributed by atoms with van der Waals surface area (Å²) in [6.07, 6.45) is 5.53. The van der Waals surface area contributed by atoms with Gasteiger partial charge in [-0.05, 0) is 64.1 Å². The van der Waals surface area contributed by atoms with Crippen molar-refractivity contribution in [1.29, 1.82) is 0 Å². The minimum Gasteiger partial charge on any atom is -0.314 e. The van der Waals surface area contributed by atoms with E-state index in [4.69, 9.17) is 0 Å². The van der Waals surface area contributed by atoms with Crippen molar-refractivity contribution in [1.82, 2.24) is 10.2 Å². The Morgan fingerprint density at radius 3 is 2.65 bits per heavy atom. The van der Waals surface area contributed by atoms with E-state index in [0.29, 0.717) is 6.04 Å². The maximum Gasteiger partial charge on any atom is 0.0320 e. The normalized spacial score (nSPS) is 29.5. The fourth-order valence-corrected chi connectivity index (χ4v) is 3.89. The van der Waals surface area contributed by atoms with E-state index in [0.717, 1.165) is 12.0 Å². The summed E-state index contributed by atoms with van der Waals surface area (Å²) in [5, 5.41) is 3.71. The molecule has 1 N–H and O–H groups in total. The predicted octanol–water partition coefficient (Wildman–Crippen LogP) is 3.52. The van der Waals surface area contributed by atoms with Crippen LogP contribution in [0.15, 0.2) is 24.3 Å². The van der Waals surface area contributed by atoms with Crippen molar-refractivity contribution < 1.29 is 0 Å². The van der Waals surface area contributed by atoms with Crippen molar-refractivity contribution in [2.75, 3.05) is 19.6 Å². The number of hydrogen-bond acceptors (Lipinski definition) is 2. The third-order valence-corrected chi connectivity index (χ3v) is 5.26. The molecule has 0 amide bonds. The van der Waals surface area contributed by atoms with Crippen LogP contribution in [-0.2, 0) is 0 Å². The highest BCUT2D eigenvalue weighted by Crippen LogP contribution is 2.30. The quantitative estimate of drug-likeness (QED) is 0.905. The molecule has 1 aromatic rings. The second-order valence-electron chi connectivity index (χ2n) is 6.69. The summed E-state index contributed by atoms with van der Waals surface area (Å²) in [6.45, 7) is 8.30. The summed E-state index contributed by atoms with van der Waals surface area (Å²) in [5.74, 6) is 0.860. The van der Waals surface area contributed by atoms with Crippen LogP contribution in [0.3, 0.4) is 0 Å². The first-order valence-electron chi connectivity index (χ1n) is 8.28. The van der Waals surface area contributed by atoms with Gasteiger partial charge in [0.1, 0.15) is 0 Å². The third-order valence-electron chi connectivity index (χ3n) is 5.26. The average molecular weight is 272 g/mol. The SMILES string of the molecule is Cc1ccc(C(C)N2CCCC(C3CCCN3)C2)cc1. The van der Waals surface area contributed by atoms with Crippen LogP contribution < -0.4 is 5.32 Å². The minimum absolute atomic E-state index is 0.555. The molecule has 20 heavy (non-hydrogen) atoms. The molecule has 2 nitrogen and oxygen atoms in total. The molecule has 0 radical (unpaired) electrons. The lowest BCUT2D eigenvalue weighted by Gasteiger charge is -2.39. The molecule has 2 heteroatoms. The molecule has 2 aliphatic heterocycles. The number of likely N-dealkylation sites (tertiary alicyclic amines) is 1. The van der Waals surface area contributed by atoms with E-state index in [-0.39, 0.29) is 0 Å². The summed E-state index contributed by atoms with van der Waals surface area (Å²) in [6, 6.07) is 10.4. The molecule has 3 rings (SSSR count). The molecule has 0 bridgehead atoms. The van der Waals surface area contributed by atoms with Gasteiger partial charge in [0.15, 0.2) is 0 Å². The van der Waals surface area contributed by atoms with Crippen molar-refractivity contribution >= 4 is 0 Å². The number of nitrogens with zero attached hydrogens (tertiary/aromatic N) is 1. The van der Waals surface area contributed by atoms with Gasteiger partial charge in [-0.25, -0.2) is 0 Å². The lowest BCUT2D eigenvalue weighted by molar-refractivity contribution is 0.115. The van der Waals surface area contributed by atoms with E-state index in [1.165, 1.54) is 56.4 Å². The molecule has 3 unspecified atom stereocenters. The first-order chi connectivity index (χ1) is 9.74. The number of aryl methyl sites for hydroxylation is 1. The summed E-state index contributed by atoms with van der Waals surface area (Å²) in [4.78, 5) is 2.69. The molecule has 0 saturated carbocycles. The van der Waals surface area contributed by atoms with E-state index in [1.54, 1.807) is 0 Å². The lowest BCUT2D eigenvalue weighted by Crippen LogP contribution is -2.44. The van der Waals surface area contributed by atoms with Crippen LogP contribution in [-0.4, -0.2) is 30.6 Å². The summed E-state index contributed by atoms with van der Waals surface area (Å²) in [5.41, 5.74) is 2.82. The fraction of sp³-hybridized carbons (Fsp3) is 0.667. The van der Waals surface area contributed by atoms with E-state index in [2.05, 4.69) is 48.3 Å². The molecular weight excluding hydrogens is 244 g/mol. The van der Waals surface area contributed by atoms with E-state index >= 15 is 0 Å². The van der Waals surface area contributed by atoms with Crippen molar-refractivity contribution in [3.05, 3.63) is 35.4 Å². The topological polar surface area (TPSA) is 15.3 Å². The van der Waals surface area contributed by atoms with E-state index in [9.17, 15) is 0 Å². The molecule has 0 aliphatic carbocycles. The summed E-state index contributed by atoms with van der Waals surface area (Å²) < 4.78 is 0. The Hall–Kier alpha value is -0.860. The second-order valence-corrected chi connectivity index (χ2v) is 6.69. The number of hydrogen-bond donors (Lipinski definition) is 1. The van der Waals surface area contributed by atoms with Gasteiger partial charge in [0.05, 0.1) is 0 Å². The highest BCUT2D eigenvalue weighted by atomic mass is 15.2. The third kappa shape index (κ3) is 3.07. The molecule has 2 fully saturated rings. The van der Waals surface area contributed by atoms with Crippen molar-refractivity contribution in [2.45, 2.75) is 51.6 Å². The highest BCUT2D eigenvalue weighted by molar-refractivity contribution is 5.23. The molecule has 1 aromatic carbocycles. The van der Waals surface area contributed by atoms with E-state index in [1.807, 2.05) is 0 Å². The zero-order valence-corrected chi connectivity index (χ0v) is 12.9. The average Bonchev–Trinajstić information content (AvgIpc) is 3.02. The number of nitrogens with one attached hydrogen (secondary N) is 1. The Kier molecular flexibility index (Phi) is 4.42. The Bertz CT molecular complexity index is 420. The first-order valence-corrected chi connectivity index (χ1v) is 8.28. The maximum absolute atomic E-state index is 3.71. The maximum atomic E-state index is 3.71. The van der Waals surface area contributed by atoms with Gasteiger partial charge in [-0.2, -0.15) is 0 Å². The van der Waals surface area contributed by atoms with Crippen molar-refractivity contribution in [3.63, 3.8) is 0 Å². The van der Waals surface area contributed by atoms with Crippen LogP contribution in [0.25, 0.3) is 0 Å². The Labute approximate surface area is 123 Å². The molecule has 0 spiro atoms. The van der Waals surface area contributed by atoms with E-state index < -0.39 is 0 Å². The van der Waals surface area contributed by atoms with Gasteiger partial charge < -0.3 is 5.32 Å². The molecule has 2 saturated heterocycles. The van der Waals surface area contributed by atoms with Crippen LogP contribution in [0, 0.1) is 12.8 Å². The smallest absolute Gasteiger partial charge is 0.0320 e. The standard InChI is InChI=1S/C18H28N2/c1-14-7-9-16(10-8-14)15(2)20-12-4-5-17(13-20)18-6-3-11-19-18/h7-10,15,17-19H,3-6,11-13H2,1-2H3. The fourth-order valence-electron chi connectivity index (χ4n) is 3.89. The second kappa shape index (κ2) is 6.28. The van der Waals surface area contributed by atoms with Gasteiger partial charge in [-0.15, -0.1) is 0 Å². The van der Waals surface area contributed by atoms with Crippen LogP contribution in [0.5, 0.6) is 0 Å². The van der Waals surface area contributed by atoms with Crippen LogP contribution in [0.2, 0.25) is 0 Å². The Morgan fingerprint density at radius 2 is 1.95 bits per heavy atom. The Morgan fingerprint density at radius 1 is 1.15 bits per heavy atom. The number of piperidine rings is 1. The highest BCUT2D eigenvalue weighted by Gasteiger charge is 2.30. The molecule has 3 atom stereocenters. The molecule has 2 heterocycles. The van der Waals surface area contributed by atoms with Gasteiger partial charge in [0.2, 0.25) is 0 Å². The first kappa shape index (κ1) is 14.1. The van der Waals surface area contributed by atoms with Gasteiger partial charge in [-0.1, -0.05) is 29.8 Å². The lowest BCUT2D eigenvalue weighted by atomic mass is 9.88. The van der Waals surface area contributed by atoms with Crippen molar-refractivity contribution in [2.24, 2.45) is 5.92 Å². The summed E-state index contributed by atoms with van der Waals surface area (Å²) in [7, 11) is 0. The zero-order valence-electron chi connectivity index (χ0n) is 12.9.